The van der Waals surface area contributed by atoms with Crippen LogP contribution < -0.4 is 16.0 Å². The summed E-state index contributed by atoms with van der Waals surface area (Å²) >= 11 is 1.94. The van der Waals surface area contributed by atoms with Gasteiger partial charge in [0.15, 0.2) is 0 Å². The molecule has 1 fully saturated rings. The van der Waals surface area contributed by atoms with E-state index < -0.39 is 6.03 Å². The summed E-state index contributed by atoms with van der Waals surface area (Å²) in [5, 5.41) is 8.59. The van der Waals surface area contributed by atoms with E-state index in [2.05, 4.69) is 16.0 Å². The van der Waals surface area contributed by atoms with Crippen molar-refractivity contribution in [2.75, 3.05) is 18.8 Å². The smallest absolute Gasteiger partial charge is 0.321 e. The van der Waals surface area contributed by atoms with Gasteiger partial charge in [-0.2, -0.15) is 11.8 Å². The summed E-state index contributed by atoms with van der Waals surface area (Å²) in [7, 11) is 0. The number of thioether (sulfide) groups is 1. The molecule has 17 heavy (non-hydrogen) atoms. The van der Waals surface area contributed by atoms with Crippen molar-refractivity contribution in [3.63, 3.8) is 0 Å². The maximum atomic E-state index is 11.6. The van der Waals surface area contributed by atoms with Crippen LogP contribution in [0, 0.1) is 0 Å². The van der Waals surface area contributed by atoms with Gasteiger partial charge in [0, 0.05) is 18.3 Å². The topological polar surface area (TPSA) is 70.2 Å². The largest absolute Gasteiger partial charge is 0.338 e. The Kier molecular flexibility index (Phi) is 6.36. The Morgan fingerprint density at radius 3 is 2.82 bits per heavy atom. The highest BCUT2D eigenvalue weighted by Crippen LogP contribution is 2.25. The molecule has 1 heterocycles. The monoisotopic (exact) mass is 259 g/mol. The molecule has 2 unspecified atom stereocenters. The summed E-state index contributed by atoms with van der Waals surface area (Å²) in [6.07, 6.45) is 2.47. The van der Waals surface area contributed by atoms with Gasteiger partial charge in [0.1, 0.15) is 0 Å². The lowest BCUT2D eigenvalue weighted by Crippen LogP contribution is -2.49. The average Bonchev–Trinajstić information content (AvgIpc) is 2.78. The van der Waals surface area contributed by atoms with Crippen LogP contribution in [0.2, 0.25) is 0 Å². The molecule has 0 spiro atoms. The van der Waals surface area contributed by atoms with Crippen LogP contribution in [-0.4, -0.2) is 42.1 Å². The van der Waals surface area contributed by atoms with Gasteiger partial charge in [-0.25, -0.2) is 4.79 Å². The Morgan fingerprint density at radius 2 is 2.24 bits per heavy atom. The van der Waals surface area contributed by atoms with Gasteiger partial charge in [-0.05, 0) is 32.4 Å². The third-order valence-corrected chi connectivity index (χ3v) is 4.04. The lowest BCUT2D eigenvalue weighted by Gasteiger charge is -2.16. The minimum absolute atomic E-state index is 0.279. The van der Waals surface area contributed by atoms with Gasteiger partial charge in [-0.15, -0.1) is 0 Å². The van der Waals surface area contributed by atoms with E-state index in [0.717, 1.165) is 6.54 Å². The van der Waals surface area contributed by atoms with Crippen molar-refractivity contribution in [2.24, 2.45) is 0 Å². The van der Waals surface area contributed by atoms with Crippen LogP contribution in [0.3, 0.4) is 0 Å². The normalized spacial score (nSPS) is 20.9. The van der Waals surface area contributed by atoms with E-state index in [9.17, 15) is 9.59 Å². The summed E-state index contributed by atoms with van der Waals surface area (Å²) in [5.74, 6) is 0.935. The number of imide groups is 1. The Bertz CT molecular complexity index is 267. The maximum Gasteiger partial charge on any atom is 0.321 e. The van der Waals surface area contributed by atoms with E-state index in [1.165, 1.54) is 18.6 Å². The quantitative estimate of drug-likeness (QED) is 0.680. The molecule has 98 valence electrons. The summed E-state index contributed by atoms with van der Waals surface area (Å²) in [4.78, 5) is 22.7. The zero-order valence-corrected chi connectivity index (χ0v) is 11.2. The minimum Gasteiger partial charge on any atom is -0.338 e. The minimum atomic E-state index is -0.429. The van der Waals surface area contributed by atoms with E-state index in [-0.39, 0.29) is 11.9 Å². The fourth-order valence-corrected chi connectivity index (χ4v) is 2.85. The van der Waals surface area contributed by atoms with Crippen LogP contribution >= 0.6 is 11.8 Å². The molecule has 1 rings (SSSR count). The number of rotatable bonds is 5. The zero-order chi connectivity index (χ0) is 12.7. The molecule has 3 N–H and O–H groups in total. The molecule has 1 saturated heterocycles. The first-order valence-electron chi connectivity index (χ1n) is 6.07. The highest BCUT2D eigenvalue weighted by molar-refractivity contribution is 8.00. The highest BCUT2D eigenvalue weighted by Gasteiger charge is 2.19. The van der Waals surface area contributed by atoms with E-state index in [1.807, 2.05) is 18.7 Å². The maximum absolute atomic E-state index is 11.6. The third kappa shape index (κ3) is 5.41. The van der Waals surface area contributed by atoms with Crippen molar-refractivity contribution in [1.82, 2.24) is 16.0 Å². The summed E-state index contributed by atoms with van der Waals surface area (Å²) in [5.41, 5.74) is 0. The van der Waals surface area contributed by atoms with Crippen molar-refractivity contribution >= 4 is 23.7 Å². The molecule has 1 aliphatic rings. The molecule has 2 atom stereocenters. The highest BCUT2D eigenvalue weighted by atomic mass is 32.2. The molecule has 1 aliphatic heterocycles. The Labute approximate surface area is 106 Å². The molecule has 3 amide bonds. The van der Waals surface area contributed by atoms with Crippen molar-refractivity contribution in [2.45, 2.75) is 38.0 Å². The van der Waals surface area contributed by atoms with Crippen molar-refractivity contribution in [3.05, 3.63) is 0 Å². The van der Waals surface area contributed by atoms with Crippen molar-refractivity contribution in [3.8, 4) is 0 Å². The van der Waals surface area contributed by atoms with Crippen LogP contribution in [-0.2, 0) is 4.79 Å². The second kappa shape index (κ2) is 7.55. The molecule has 6 heteroatoms. The van der Waals surface area contributed by atoms with Gasteiger partial charge in [0.05, 0.1) is 6.04 Å². The molecule has 0 radical (unpaired) electrons. The van der Waals surface area contributed by atoms with Crippen LogP contribution in [0.5, 0.6) is 0 Å². The molecule has 0 aromatic carbocycles. The molecule has 5 nitrogen and oxygen atoms in total. The van der Waals surface area contributed by atoms with E-state index in [0.29, 0.717) is 11.8 Å². The van der Waals surface area contributed by atoms with Crippen LogP contribution in [0.1, 0.15) is 26.7 Å². The predicted molar refractivity (Wildman–Crippen MR) is 70.2 cm³/mol. The lowest BCUT2D eigenvalue weighted by molar-refractivity contribution is -0.121. The number of nitrogens with one attached hydrogen (secondary N) is 3. The lowest BCUT2D eigenvalue weighted by atomic mass is 10.2. The van der Waals surface area contributed by atoms with Crippen molar-refractivity contribution in [1.29, 1.82) is 0 Å². The summed E-state index contributed by atoms with van der Waals surface area (Å²) in [6.45, 7) is 4.92. The summed E-state index contributed by atoms with van der Waals surface area (Å²) < 4.78 is 0. The van der Waals surface area contributed by atoms with Crippen LogP contribution in [0.25, 0.3) is 0 Å². The Balaban J connectivity index is 2.19. The molecule has 0 aromatic rings. The van der Waals surface area contributed by atoms with Gasteiger partial charge in [0.2, 0.25) is 5.91 Å². The van der Waals surface area contributed by atoms with Gasteiger partial charge < -0.3 is 10.6 Å². The third-order valence-electron chi connectivity index (χ3n) is 2.64. The Hall–Kier alpha value is -0.750. The molecule has 0 saturated carbocycles. The number of amides is 3. The van der Waals surface area contributed by atoms with E-state index >= 15 is 0 Å². The molecular weight excluding hydrogens is 238 g/mol. The van der Waals surface area contributed by atoms with Gasteiger partial charge >= 0.3 is 6.03 Å². The molecule has 0 aliphatic carbocycles. The molecule has 0 bridgehead atoms. The fraction of sp³-hybridized carbons (Fsp3) is 0.818. The predicted octanol–water partition coefficient (Wildman–Crippen LogP) is 0.706. The van der Waals surface area contributed by atoms with E-state index in [1.54, 1.807) is 6.92 Å². The van der Waals surface area contributed by atoms with Gasteiger partial charge in [-0.3, -0.25) is 10.1 Å². The van der Waals surface area contributed by atoms with Gasteiger partial charge in [-0.1, -0.05) is 0 Å². The van der Waals surface area contributed by atoms with Gasteiger partial charge in [0.25, 0.3) is 0 Å². The average molecular weight is 259 g/mol. The number of carbonyl (C=O) groups excluding carboxylic acids is 2. The SMILES string of the molecule is CCNC(=O)NC(=O)C(C)NCC1CCCS1. The fourth-order valence-electron chi connectivity index (χ4n) is 1.63. The first kappa shape index (κ1) is 14.3. The van der Waals surface area contributed by atoms with Crippen LogP contribution in [0.15, 0.2) is 0 Å². The number of urea groups is 1. The number of carbonyl (C=O) groups is 2. The first-order chi connectivity index (χ1) is 8.13. The second-order valence-electron chi connectivity index (χ2n) is 4.11. The Morgan fingerprint density at radius 1 is 1.47 bits per heavy atom. The van der Waals surface area contributed by atoms with E-state index in [4.69, 9.17) is 0 Å². The number of hydrogen-bond donors (Lipinski definition) is 3. The summed E-state index contributed by atoms with van der Waals surface area (Å²) in [6, 6.07) is -0.764. The zero-order valence-electron chi connectivity index (χ0n) is 10.4. The second-order valence-corrected chi connectivity index (χ2v) is 5.52. The molecular formula is C11H21N3O2S. The number of hydrogen-bond acceptors (Lipinski definition) is 4. The molecule has 0 aromatic heterocycles. The van der Waals surface area contributed by atoms with Crippen molar-refractivity contribution < 1.29 is 9.59 Å². The standard InChI is InChI=1S/C11H21N3O2S/c1-3-12-11(16)14-10(15)8(2)13-7-9-5-4-6-17-9/h8-9,13H,3-7H2,1-2H3,(H2,12,14,15,16). The van der Waals surface area contributed by atoms with Crippen LogP contribution in [0.4, 0.5) is 4.79 Å². The first-order valence-corrected chi connectivity index (χ1v) is 7.12.